The number of pyridine rings is 6. The molecule has 12 aromatic heterocycles. The molecule has 0 bridgehead atoms. The van der Waals surface area contributed by atoms with Crippen molar-refractivity contribution in [2.75, 3.05) is 0 Å². The number of aromatic nitrogens is 12. The Morgan fingerprint density at radius 3 is 1.38 bits per heavy atom. The van der Waals surface area contributed by atoms with Gasteiger partial charge in [0, 0.05) is 122 Å². The minimum atomic E-state index is 0.835. The normalized spacial score (nSPS) is 11.7. The number of hydrogen-bond acceptors (Lipinski definition) is 6. The van der Waals surface area contributed by atoms with Gasteiger partial charge in [-0.15, -0.1) is 0 Å². The first-order valence-electron chi connectivity index (χ1n) is 34.2. The first kappa shape index (κ1) is 59.4. The Balaban J connectivity index is 0.000000115. The maximum Gasteiger partial charge on any atom is 0.147 e. The molecule has 0 aliphatic carbocycles. The van der Waals surface area contributed by atoms with Crippen molar-refractivity contribution in [3.8, 4) is 51.2 Å². The van der Waals surface area contributed by atoms with Crippen molar-refractivity contribution in [1.82, 2.24) is 57.7 Å². The predicted molar refractivity (Wildman–Crippen MR) is 426 cm³/mol. The molecule has 0 atom stereocenters. The van der Waals surface area contributed by atoms with Gasteiger partial charge in [0.05, 0.1) is 78.9 Å². The highest BCUT2D eigenvalue weighted by Gasteiger charge is 2.23. The quantitative estimate of drug-likeness (QED) is 0.170. The summed E-state index contributed by atoms with van der Waals surface area (Å²) < 4.78 is 12.3. The van der Waals surface area contributed by atoms with E-state index < -0.39 is 0 Å². The number of halogens is 1. The summed E-state index contributed by atoms with van der Waals surface area (Å²) in [6.45, 7) is 0. The molecule has 0 radical (unpaired) electrons. The second-order valence-corrected chi connectivity index (χ2v) is 26.7. The molecule has 0 aliphatic heterocycles. The Morgan fingerprint density at radius 1 is 0.291 bits per heavy atom. The molecule has 0 aliphatic rings. The lowest BCUT2D eigenvalue weighted by Crippen LogP contribution is -1.99. The van der Waals surface area contributed by atoms with Gasteiger partial charge in [-0.1, -0.05) is 186 Å². The molecule has 0 saturated heterocycles. The Bertz CT molecular complexity index is 7070. The van der Waals surface area contributed by atoms with E-state index in [-0.39, 0.29) is 0 Å². The van der Waals surface area contributed by atoms with E-state index in [1.54, 1.807) is 0 Å². The number of fused-ring (bicyclic) bond motifs is 18. The highest BCUT2D eigenvalue weighted by Crippen LogP contribution is 2.42. The van der Waals surface area contributed by atoms with Gasteiger partial charge in [0.25, 0.3) is 0 Å². The Morgan fingerprint density at radius 2 is 0.767 bits per heavy atom. The van der Waals surface area contributed by atoms with E-state index >= 15 is 0 Å². The fraction of sp³-hybridized carbons (Fsp3) is 0. The van der Waals surface area contributed by atoms with E-state index in [1.807, 2.05) is 102 Å². The van der Waals surface area contributed by atoms with Gasteiger partial charge in [-0.25, -0.2) is 19.9 Å². The van der Waals surface area contributed by atoms with E-state index in [2.05, 4.69) is 287 Å². The van der Waals surface area contributed by atoms with Gasteiger partial charge in [0.1, 0.15) is 22.9 Å². The van der Waals surface area contributed by atoms with Crippen molar-refractivity contribution >= 4 is 147 Å². The van der Waals surface area contributed by atoms with Gasteiger partial charge >= 0.3 is 0 Å². The first-order chi connectivity index (χ1) is 51.0. The van der Waals surface area contributed by atoms with Gasteiger partial charge in [0.15, 0.2) is 0 Å². The molecule has 0 fully saturated rings. The van der Waals surface area contributed by atoms with Crippen molar-refractivity contribution in [2.24, 2.45) is 0 Å². The average Bonchev–Trinajstić information content (AvgIpc) is 1.88. The molecule has 12 heterocycles. The van der Waals surface area contributed by atoms with Crippen molar-refractivity contribution < 1.29 is 0 Å². The first-order valence-corrected chi connectivity index (χ1v) is 35.0. The van der Waals surface area contributed by atoms with E-state index in [1.165, 1.54) is 43.8 Å². The molecular formula is C90H57BrN12. The van der Waals surface area contributed by atoms with Crippen LogP contribution in [0.15, 0.2) is 345 Å². The molecule has 0 spiro atoms. The Kier molecular flexibility index (Phi) is 14.1. The number of para-hydroxylation sites is 6. The van der Waals surface area contributed by atoms with Crippen LogP contribution < -0.4 is 0 Å². The summed E-state index contributed by atoms with van der Waals surface area (Å²) in [4.78, 5) is 33.0. The van der Waals surface area contributed by atoms with Crippen LogP contribution in [-0.4, -0.2) is 57.7 Å². The number of hydrogen-bond donors (Lipinski definition) is 1. The van der Waals surface area contributed by atoms with Gasteiger partial charge in [0.2, 0.25) is 0 Å². The maximum absolute atomic E-state index is 5.10. The van der Waals surface area contributed by atoms with Crippen LogP contribution in [0.25, 0.3) is 182 Å². The summed E-state index contributed by atoms with van der Waals surface area (Å²) >= 11 is 3.57. The SMILES string of the molecule is Brc1ccc2c(c1)c1ccccc1n2-c1ccccc1.c1ccc(-c2cc3c(cn2)[nH]c2c3cnc3c2ccn3-c2ccc3ccccc3n2)cc1.c1ccc(-c2cc3c4cnc5c(ccn5-c5ccc6ccccc6n5)c4n(-c4ccc5c(c4)c4ccccc4n5-c4ccccc4)c3cn2)cc1. The number of nitrogens with zero attached hydrogens (tertiary/aromatic N) is 11. The predicted octanol–water partition coefficient (Wildman–Crippen LogP) is 22.6. The maximum atomic E-state index is 5.10. The number of nitrogens with one attached hydrogen (secondary N) is 1. The van der Waals surface area contributed by atoms with E-state index in [4.69, 9.17) is 24.9 Å². The smallest absolute Gasteiger partial charge is 0.147 e. The summed E-state index contributed by atoms with van der Waals surface area (Å²) in [5, 5.41) is 13.7. The molecular weight excluding hydrogens is 1330 g/mol. The number of aromatic amines is 1. The van der Waals surface area contributed by atoms with Crippen LogP contribution in [0.1, 0.15) is 0 Å². The summed E-state index contributed by atoms with van der Waals surface area (Å²) in [5.41, 5.74) is 20.1. The third kappa shape index (κ3) is 10.0. The lowest BCUT2D eigenvalue weighted by molar-refractivity contribution is 1.04. The second-order valence-electron chi connectivity index (χ2n) is 25.8. The Hall–Kier alpha value is -13.6. The van der Waals surface area contributed by atoms with Crippen molar-refractivity contribution in [3.05, 3.63) is 345 Å². The summed E-state index contributed by atoms with van der Waals surface area (Å²) in [6.07, 6.45) is 12.0. The lowest BCUT2D eigenvalue weighted by atomic mass is 10.1. The monoisotopic (exact) mass is 1380 g/mol. The van der Waals surface area contributed by atoms with Crippen LogP contribution in [0.5, 0.6) is 0 Å². The molecule has 22 aromatic rings. The highest BCUT2D eigenvalue weighted by molar-refractivity contribution is 9.10. The Labute approximate surface area is 597 Å². The second kappa shape index (κ2) is 24.4. The molecule has 484 valence electrons. The van der Waals surface area contributed by atoms with E-state index in [0.29, 0.717) is 0 Å². The number of H-pyrrole nitrogens is 1. The number of rotatable bonds is 7. The fourth-order valence-electron chi connectivity index (χ4n) is 15.1. The largest absolute Gasteiger partial charge is 0.353 e. The molecule has 13 heteroatoms. The van der Waals surface area contributed by atoms with Gasteiger partial charge in [-0.05, 0) is 133 Å². The summed E-state index contributed by atoms with van der Waals surface area (Å²) in [6, 6.07) is 105. The van der Waals surface area contributed by atoms with E-state index in [9.17, 15) is 0 Å². The van der Waals surface area contributed by atoms with Crippen LogP contribution in [0, 0.1) is 0 Å². The van der Waals surface area contributed by atoms with E-state index in [0.717, 1.165) is 143 Å². The standard InChI is InChI=1S/C45H28N6.C27H17N5.C18H12BrN/c1-3-11-29(12-4-1)39-26-36-37-27-47-45-34(23-24-49(45)43-22-19-30-13-7-9-17-38(30)48-43)44(37)51(42(36)28-46-39)32-20-21-41-35(25-32)33-16-8-10-18-40(33)50(41)31-14-5-2-6-15-31;1-2-6-17(7-3-1)23-14-20-21-15-29-27-19(26(21)31-24(20)16-28-23)12-13-32(27)25-11-10-18-8-4-5-9-22(18)30-25;19-13-10-11-18-16(12-13)15-8-4-5-9-17(15)20(18)14-6-2-1-3-7-14/h1-28H;1-16,31H;1-12H. The molecule has 1 N–H and O–H groups in total. The molecule has 10 aromatic carbocycles. The lowest BCUT2D eigenvalue weighted by Gasteiger charge is -2.11. The molecule has 0 amide bonds. The van der Waals surface area contributed by atoms with Crippen molar-refractivity contribution in [1.29, 1.82) is 0 Å². The van der Waals surface area contributed by atoms with Gasteiger partial charge in [-0.3, -0.25) is 19.1 Å². The molecule has 12 nitrogen and oxygen atoms in total. The molecule has 22 rings (SSSR count). The zero-order chi connectivity index (χ0) is 68.1. The summed E-state index contributed by atoms with van der Waals surface area (Å²) in [7, 11) is 0. The van der Waals surface area contributed by atoms with Gasteiger partial charge in [-0.2, -0.15) is 0 Å². The minimum Gasteiger partial charge on any atom is -0.353 e. The van der Waals surface area contributed by atoms with Crippen LogP contribution in [-0.2, 0) is 0 Å². The minimum absolute atomic E-state index is 0.835. The third-order valence-corrected chi connectivity index (χ3v) is 20.4. The van der Waals surface area contributed by atoms with Crippen molar-refractivity contribution in [2.45, 2.75) is 0 Å². The fourth-order valence-corrected chi connectivity index (χ4v) is 15.5. The van der Waals surface area contributed by atoms with Crippen LogP contribution in [0.3, 0.4) is 0 Å². The topological polar surface area (TPSA) is 118 Å². The molecule has 0 saturated carbocycles. The summed E-state index contributed by atoms with van der Waals surface area (Å²) in [5.74, 6) is 1.69. The highest BCUT2D eigenvalue weighted by atomic mass is 79.9. The zero-order valence-corrected chi connectivity index (χ0v) is 56.7. The third-order valence-electron chi connectivity index (χ3n) is 19.9. The van der Waals surface area contributed by atoms with Crippen molar-refractivity contribution in [3.63, 3.8) is 0 Å². The molecule has 103 heavy (non-hydrogen) atoms. The van der Waals surface area contributed by atoms with Crippen LogP contribution in [0.4, 0.5) is 0 Å². The molecule has 0 unspecified atom stereocenters. The zero-order valence-electron chi connectivity index (χ0n) is 55.1. The van der Waals surface area contributed by atoms with Crippen LogP contribution in [0.2, 0.25) is 0 Å². The average molecular weight is 1390 g/mol. The van der Waals surface area contributed by atoms with Gasteiger partial charge < -0.3 is 18.7 Å². The number of benzene rings is 10. The van der Waals surface area contributed by atoms with Crippen LogP contribution >= 0.6 is 15.9 Å².